The second kappa shape index (κ2) is 8.43. The second-order valence-electron chi connectivity index (χ2n) is 8.43. The molecular weight excluding hydrogens is 416 g/mol. The zero-order valence-corrected chi connectivity index (χ0v) is 19.4. The molecule has 0 radical (unpaired) electrons. The molecule has 4 aromatic rings. The first-order valence-electron chi connectivity index (χ1n) is 11.0. The molecule has 1 aromatic carbocycles. The van der Waals surface area contributed by atoms with Crippen molar-refractivity contribution >= 4 is 10.8 Å². The molecule has 32 heavy (non-hydrogen) atoms. The lowest BCUT2D eigenvalue weighted by Gasteiger charge is -2.22. The van der Waals surface area contributed by atoms with Gasteiger partial charge in [-0.1, -0.05) is 25.1 Å². The van der Waals surface area contributed by atoms with Gasteiger partial charge in [0.05, 0.1) is 17.1 Å². The first-order chi connectivity index (χ1) is 15.5. The molecule has 0 amide bonds. The molecule has 0 spiro atoms. The van der Waals surface area contributed by atoms with Gasteiger partial charge in [-0.2, -0.15) is 0 Å². The van der Waals surface area contributed by atoms with Crippen molar-refractivity contribution in [3.63, 3.8) is 0 Å². The molecule has 0 N–H and O–H groups in total. The molecule has 0 bridgehead atoms. The van der Waals surface area contributed by atoms with Crippen molar-refractivity contribution in [1.82, 2.24) is 19.5 Å². The van der Waals surface area contributed by atoms with E-state index in [1.54, 1.807) is 6.26 Å². The third kappa shape index (κ3) is 3.79. The summed E-state index contributed by atoms with van der Waals surface area (Å²) in [6.45, 7) is 5.23. The summed E-state index contributed by atoms with van der Waals surface area (Å²) in [4.78, 5) is 15.3. The van der Waals surface area contributed by atoms with E-state index in [0.717, 1.165) is 69.7 Å². The van der Waals surface area contributed by atoms with E-state index in [1.807, 2.05) is 55.6 Å². The van der Waals surface area contributed by atoms with Crippen LogP contribution < -0.4 is 0 Å². The minimum absolute atomic E-state index is 0.421. The molecule has 162 valence electrons. The zero-order chi connectivity index (χ0) is 22.2. The Kier molecular flexibility index (Phi) is 5.47. The lowest BCUT2D eigenvalue weighted by molar-refractivity contribution is 0.466. The summed E-state index contributed by atoms with van der Waals surface area (Å²) in [5, 5.41) is 0. The van der Waals surface area contributed by atoms with Gasteiger partial charge >= 0.3 is 0 Å². The highest BCUT2D eigenvalue weighted by molar-refractivity contribution is 7.84. The SMILES string of the molecule is Cc1cccc(-c2nc3n(c2-c2ccnc(-c4ccc(S(C)=O)cc4)c2)CCC[C@@H]3C)n1. The maximum absolute atomic E-state index is 11.7. The number of pyridine rings is 2. The third-order valence-electron chi connectivity index (χ3n) is 6.10. The Hall–Kier alpha value is -3.12. The lowest BCUT2D eigenvalue weighted by atomic mass is 10.0. The van der Waals surface area contributed by atoms with Gasteiger partial charge in [0.1, 0.15) is 11.5 Å². The van der Waals surface area contributed by atoms with Crippen molar-refractivity contribution < 1.29 is 4.21 Å². The first kappa shape index (κ1) is 20.8. The maximum atomic E-state index is 11.7. The largest absolute Gasteiger partial charge is 0.327 e. The number of nitrogens with zero attached hydrogens (tertiary/aromatic N) is 4. The lowest BCUT2D eigenvalue weighted by Crippen LogP contribution is -2.14. The fourth-order valence-electron chi connectivity index (χ4n) is 4.46. The Bertz CT molecular complexity index is 1310. The van der Waals surface area contributed by atoms with Crippen LogP contribution >= 0.6 is 0 Å². The average Bonchev–Trinajstić information content (AvgIpc) is 3.20. The molecule has 1 unspecified atom stereocenters. The van der Waals surface area contributed by atoms with E-state index >= 15 is 0 Å². The van der Waals surface area contributed by atoms with E-state index in [-0.39, 0.29) is 0 Å². The van der Waals surface area contributed by atoms with Gasteiger partial charge in [-0.15, -0.1) is 0 Å². The van der Waals surface area contributed by atoms with Crippen LogP contribution in [-0.4, -0.2) is 30.0 Å². The Balaban J connectivity index is 1.66. The smallest absolute Gasteiger partial charge is 0.115 e. The van der Waals surface area contributed by atoms with Gasteiger partial charge in [0.15, 0.2) is 0 Å². The summed E-state index contributed by atoms with van der Waals surface area (Å²) >= 11 is 0. The third-order valence-corrected chi connectivity index (χ3v) is 7.04. The number of benzene rings is 1. The van der Waals surface area contributed by atoms with Crippen LogP contribution in [0.25, 0.3) is 33.9 Å². The quantitative estimate of drug-likeness (QED) is 0.412. The van der Waals surface area contributed by atoms with Crippen molar-refractivity contribution in [3.8, 4) is 33.9 Å². The Morgan fingerprint density at radius 3 is 2.56 bits per heavy atom. The highest BCUT2D eigenvalue weighted by Gasteiger charge is 2.26. The average molecular weight is 443 g/mol. The fourth-order valence-corrected chi connectivity index (χ4v) is 4.98. The van der Waals surface area contributed by atoms with Gasteiger partial charge < -0.3 is 4.57 Å². The predicted molar refractivity (Wildman–Crippen MR) is 129 cm³/mol. The van der Waals surface area contributed by atoms with Gasteiger partial charge in [-0.3, -0.25) is 14.2 Å². The van der Waals surface area contributed by atoms with E-state index in [4.69, 9.17) is 9.97 Å². The number of imidazole rings is 1. The minimum atomic E-state index is -0.993. The molecule has 4 heterocycles. The second-order valence-corrected chi connectivity index (χ2v) is 9.81. The minimum Gasteiger partial charge on any atom is -0.327 e. The van der Waals surface area contributed by atoms with Crippen LogP contribution in [0.4, 0.5) is 0 Å². The molecule has 1 aliphatic rings. The molecule has 0 aliphatic carbocycles. The van der Waals surface area contributed by atoms with E-state index < -0.39 is 10.8 Å². The Morgan fingerprint density at radius 2 is 1.81 bits per heavy atom. The van der Waals surface area contributed by atoms with Crippen molar-refractivity contribution in [2.24, 2.45) is 0 Å². The van der Waals surface area contributed by atoms with E-state index in [9.17, 15) is 4.21 Å². The van der Waals surface area contributed by atoms with Crippen LogP contribution in [0.1, 0.15) is 37.2 Å². The highest BCUT2D eigenvalue weighted by atomic mass is 32.2. The van der Waals surface area contributed by atoms with Crippen molar-refractivity contribution in [2.45, 2.75) is 44.0 Å². The van der Waals surface area contributed by atoms with Gasteiger partial charge in [0.2, 0.25) is 0 Å². The molecule has 0 saturated heterocycles. The Labute approximate surface area is 191 Å². The van der Waals surface area contributed by atoms with Gasteiger partial charge in [0, 0.05) is 57.4 Å². The van der Waals surface area contributed by atoms with Crippen LogP contribution in [0.2, 0.25) is 0 Å². The summed E-state index contributed by atoms with van der Waals surface area (Å²) in [6, 6.07) is 18.1. The zero-order valence-electron chi connectivity index (χ0n) is 18.6. The standard InChI is InChI=1S/C26H26N4OS/c1-17-6-5-15-30-25(24(29-26(17)30)22-8-4-7-18(2)28-22)20-13-14-27-23(16-20)19-9-11-21(12-10-19)32(3)31/h4,7-14,16-17H,5-6,15H2,1-3H3/t17-,32?/m0/s1. The van der Waals surface area contributed by atoms with Crippen LogP contribution in [0.15, 0.2) is 65.7 Å². The number of hydrogen-bond acceptors (Lipinski definition) is 4. The van der Waals surface area contributed by atoms with Crippen LogP contribution in [0, 0.1) is 6.92 Å². The molecule has 5 rings (SSSR count). The number of hydrogen-bond donors (Lipinski definition) is 0. The first-order valence-corrected chi connectivity index (χ1v) is 12.5. The summed E-state index contributed by atoms with van der Waals surface area (Å²) < 4.78 is 14.1. The highest BCUT2D eigenvalue weighted by Crippen LogP contribution is 2.38. The van der Waals surface area contributed by atoms with Gasteiger partial charge in [-0.05, 0) is 56.2 Å². The topological polar surface area (TPSA) is 60.7 Å². The fraction of sp³-hybridized carbons (Fsp3) is 0.269. The molecule has 1 aliphatic heterocycles. The van der Waals surface area contributed by atoms with Crippen LogP contribution in [0.3, 0.4) is 0 Å². The van der Waals surface area contributed by atoms with Crippen LogP contribution in [0.5, 0.6) is 0 Å². The van der Waals surface area contributed by atoms with Gasteiger partial charge in [0.25, 0.3) is 0 Å². The van der Waals surface area contributed by atoms with Gasteiger partial charge in [-0.25, -0.2) is 4.98 Å². The number of rotatable bonds is 4. The summed E-state index contributed by atoms with van der Waals surface area (Å²) in [7, 11) is -0.993. The molecule has 0 saturated carbocycles. The molecular formula is C26H26N4OS. The molecule has 3 aromatic heterocycles. The van der Waals surface area contributed by atoms with Crippen LogP contribution in [-0.2, 0) is 17.3 Å². The normalized spacial score (nSPS) is 16.5. The molecule has 5 nitrogen and oxygen atoms in total. The summed E-state index contributed by atoms with van der Waals surface area (Å²) in [6.07, 6.45) is 5.85. The van der Waals surface area contributed by atoms with Crippen molar-refractivity contribution in [3.05, 3.63) is 72.3 Å². The van der Waals surface area contributed by atoms with E-state index in [2.05, 4.69) is 28.6 Å². The number of aromatic nitrogens is 4. The maximum Gasteiger partial charge on any atom is 0.115 e. The van der Waals surface area contributed by atoms with Crippen molar-refractivity contribution in [2.75, 3.05) is 6.26 Å². The molecule has 2 atom stereocenters. The summed E-state index contributed by atoms with van der Waals surface area (Å²) in [5.74, 6) is 1.56. The van der Waals surface area contributed by atoms with E-state index in [0.29, 0.717) is 5.92 Å². The van der Waals surface area contributed by atoms with E-state index in [1.165, 1.54) is 0 Å². The monoisotopic (exact) mass is 442 g/mol. The molecule has 6 heteroatoms. The predicted octanol–water partition coefficient (Wildman–Crippen LogP) is 5.62. The number of aryl methyl sites for hydroxylation is 1. The van der Waals surface area contributed by atoms with Crippen molar-refractivity contribution in [1.29, 1.82) is 0 Å². The summed E-state index contributed by atoms with van der Waals surface area (Å²) in [5.41, 5.74) is 6.91. The molecule has 0 fully saturated rings. The number of fused-ring (bicyclic) bond motifs is 1. The Morgan fingerprint density at radius 1 is 1.00 bits per heavy atom.